The summed E-state index contributed by atoms with van der Waals surface area (Å²) < 4.78 is 0. The molecule has 0 spiro atoms. The number of nitrogens with zero attached hydrogens (tertiary/aromatic N) is 2. The van der Waals surface area contributed by atoms with E-state index in [1.165, 1.54) is 0 Å². The summed E-state index contributed by atoms with van der Waals surface area (Å²) in [7, 11) is 0. The highest BCUT2D eigenvalue weighted by Gasteiger charge is 2.30. The zero-order valence-electron chi connectivity index (χ0n) is 19.2. The summed E-state index contributed by atoms with van der Waals surface area (Å²) >= 11 is 0. The highest BCUT2D eigenvalue weighted by atomic mass is 16.2. The normalized spacial score (nSPS) is 18.2. The lowest BCUT2D eigenvalue weighted by Crippen LogP contribution is -2.44. The lowest BCUT2D eigenvalue weighted by Gasteiger charge is -2.32. The van der Waals surface area contributed by atoms with Crippen LogP contribution in [0.25, 0.3) is 10.8 Å². The number of hydrogen-bond acceptors (Lipinski definition) is 3. The Morgan fingerprint density at radius 3 is 2.21 bits per heavy atom. The Bertz CT molecular complexity index is 1230. The van der Waals surface area contributed by atoms with Crippen LogP contribution in [0.2, 0.25) is 0 Å². The fraction of sp³-hybridized carbons (Fsp3) is 0.321. The van der Waals surface area contributed by atoms with Crippen LogP contribution in [-0.2, 0) is 4.79 Å². The number of hydrogen-bond donors (Lipinski definition) is 1. The largest absolute Gasteiger partial charge is 0.339 e. The topological polar surface area (TPSA) is 69.7 Å². The van der Waals surface area contributed by atoms with E-state index in [9.17, 15) is 14.4 Å². The predicted octanol–water partition coefficient (Wildman–Crippen LogP) is 4.57. The van der Waals surface area contributed by atoms with Crippen LogP contribution in [0.4, 0.5) is 5.69 Å². The summed E-state index contributed by atoms with van der Waals surface area (Å²) in [5.41, 5.74) is 1.74. The molecule has 6 heteroatoms. The smallest absolute Gasteiger partial charge is 0.255 e. The summed E-state index contributed by atoms with van der Waals surface area (Å²) in [5, 5.41) is 4.94. The Morgan fingerprint density at radius 2 is 1.35 bits per heavy atom. The zero-order chi connectivity index (χ0) is 23.5. The molecule has 0 aromatic heterocycles. The van der Waals surface area contributed by atoms with Gasteiger partial charge in [-0.05, 0) is 54.7 Å². The lowest BCUT2D eigenvalue weighted by atomic mass is 9.95. The van der Waals surface area contributed by atoms with Crippen molar-refractivity contribution in [2.75, 3.05) is 31.5 Å². The highest BCUT2D eigenvalue weighted by Crippen LogP contribution is 2.26. The van der Waals surface area contributed by atoms with Gasteiger partial charge in [0, 0.05) is 31.7 Å². The number of fused-ring (bicyclic) bond motifs is 1. The van der Waals surface area contributed by atoms with Crippen LogP contribution in [0.15, 0.2) is 66.7 Å². The second kappa shape index (κ2) is 9.67. The van der Waals surface area contributed by atoms with Gasteiger partial charge < -0.3 is 15.1 Å². The second-order valence-corrected chi connectivity index (χ2v) is 9.15. The van der Waals surface area contributed by atoms with Gasteiger partial charge in [0.15, 0.2) is 0 Å². The number of nitrogens with one attached hydrogen (secondary N) is 1. The van der Waals surface area contributed by atoms with Gasteiger partial charge in [-0.25, -0.2) is 0 Å². The van der Waals surface area contributed by atoms with Gasteiger partial charge in [0.1, 0.15) is 0 Å². The van der Waals surface area contributed by atoms with Gasteiger partial charge in [-0.1, -0.05) is 48.5 Å². The Kier molecular flexibility index (Phi) is 6.30. The van der Waals surface area contributed by atoms with Crippen molar-refractivity contribution in [1.82, 2.24) is 9.80 Å². The molecule has 0 bridgehead atoms. The molecule has 3 aromatic rings. The Hall–Kier alpha value is -3.67. The quantitative estimate of drug-likeness (QED) is 0.627. The third-order valence-corrected chi connectivity index (χ3v) is 6.91. The van der Waals surface area contributed by atoms with Crippen LogP contribution < -0.4 is 5.32 Å². The minimum Gasteiger partial charge on any atom is -0.339 e. The molecule has 2 saturated heterocycles. The van der Waals surface area contributed by atoms with Crippen LogP contribution in [0, 0.1) is 5.92 Å². The molecule has 2 aliphatic heterocycles. The second-order valence-electron chi connectivity index (χ2n) is 9.15. The van der Waals surface area contributed by atoms with E-state index in [1.807, 2.05) is 59.5 Å². The minimum atomic E-state index is -0.317. The van der Waals surface area contributed by atoms with E-state index in [-0.39, 0.29) is 23.6 Å². The van der Waals surface area contributed by atoms with Crippen LogP contribution in [-0.4, -0.2) is 53.7 Å². The number of likely N-dealkylation sites (tertiary alicyclic amines) is 2. The number of anilines is 1. The number of benzene rings is 3. The third-order valence-electron chi connectivity index (χ3n) is 6.91. The van der Waals surface area contributed by atoms with E-state index in [0.29, 0.717) is 36.3 Å². The summed E-state index contributed by atoms with van der Waals surface area (Å²) in [6, 6.07) is 20.8. The van der Waals surface area contributed by atoms with E-state index in [0.717, 1.165) is 43.1 Å². The molecule has 2 heterocycles. The van der Waals surface area contributed by atoms with Crippen molar-refractivity contribution in [3.63, 3.8) is 0 Å². The molecule has 34 heavy (non-hydrogen) atoms. The average Bonchev–Trinajstić information content (AvgIpc) is 3.43. The fourth-order valence-electron chi connectivity index (χ4n) is 5.06. The summed E-state index contributed by atoms with van der Waals surface area (Å²) in [4.78, 5) is 43.2. The number of carbonyl (C=O) groups excluding carboxylic acids is 3. The maximum Gasteiger partial charge on any atom is 0.255 e. The number of para-hydroxylation sites is 1. The predicted molar refractivity (Wildman–Crippen MR) is 133 cm³/mol. The fourth-order valence-corrected chi connectivity index (χ4v) is 5.06. The maximum absolute atomic E-state index is 13.4. The molecule has 1 atom stereocenters. The molecule has 3 amide bonds. The van der Waals surface area contributed by atoms with E-state index < -0.39 is 0 Å². The molecular formula is C28H29N3O3. The van der Waals surface area contributed by atoms with Gasteiger partial charge in [-0.15, -0.1) is 0 Å². The van der Waals surface area contributed by atoms with E-state index in [1.54, 1.807) is 17.0 Å². The molecule has 6 nitrogen and oxygen atoms in total. The zero-order valence-corrected chi connectivity index (χ0v) is 19.2. The van der Waals surface area contributed by atoms with Crippen LogP contribution in [0.3, 0.4) is 0 Å². The van der Waals surface area contributed by atoms with Crippen molar-refractivity contribution >= 4 is 34.2 Å². The van der Waals surface area contributed by atoms with Gasteiger partial charge in [0.25, 0.3) is 11.8 Å². The molecule has 3 aromatic carbocycles. The Balaban J connectivity index is 1.30. The van der Waals surface area contributed by atoms with Crippen LogP contribution >= 0.6 is 0 Å². The number of rotatable bonds is 4. The van der Waals surface area contributed by atoms with Gasteiger partial charge >= 0.3 is 0 Å². The maximum atomic E-state index is 13.4. The van der Waals surface area contributed by atoms with Crippen molar-refractivity contribution in [2.24, 2.45) is 5.92 Å². The molecule has 1 unspecified atom stereocenters. The lowest BCUT2D eigenvalue weighted by molar-refractivity contribution is -0.121. The molecule has 0 radical (unpaired) electrons. The van der Waals surface area contributed by atoms with Gasteiger partial charge in [-0.2, -0.15) is 0 Å². The average molecular weight is 456 g/mol. The van der Waals surface area contributed by atoms with Gasteiger partial charge in [-0.3, -0.25) is 14.4 Å². The first-order valence-corrected chi connectivity index (χ1v) is 12.1. The molecule has 5 rings (SSSR count). The minimum absolute atomic E-state index is 0.0372. The first-order valence-electron chi connectivity index (χ1n) is 12.1. The van der Waals surface area contributed by atoms with Gasteiger partial charge in [0.2, 0.25) is 5.91 Å². The number of piperidine rings is 1. The van der Waals surface area contributed by atoms with E-state index in [4.69, 9.17) is 0 Å². The summed E-state index contributed by atoms with van der Waals surface area (Å²) in [6.07, 6.45) is 3.52. The molecule has 2 aliphatic rings. The third kappa shape index (κ3) is 4.40. The van der Waals surface area contributed by atoms with Crippen LogP contribution in [0.1, 0.15) is 46.4 Å². The molecular weight excluding hydrogens is 426 g/mol. The Morgan fingerprint density at radius 1 is 0.706 bits per heavy atom. The summed E-state index contributed by atoms with van der Waals surface area (Å²) in [6.45, 7) is 2.52. The van der Waals surface area contributed by atoms with Crippen molar-refractivity contribution in [2.45, 2.75) is 25.7 Å². The molecule has 2 fully saturated rings. The molecule has 0 saturated carbocycles. The number of carbonyl (C=O) groups is 3. The Labute approximate surface area is 199 Å². The van der Waals surface area contributed by atoms with Crippen molar-refractivity contribution in [3.05, 3.63) is 77.9 Å². The van der Waals surface area contributed by atoms with Crippen molar-refractivity contribution in [3.8, 4) is 0 Å². The van der Waals surface area contributed by atoms with Crippen molar-refractivity contribution < 1.29 is 14.4 Å². The first-order chi connectivity index (χ1) is 16.6. The first kappa shape index (κ1) is 22.1. The van der Waals surface area contributed by atoms with Crippen LogP contribution in [0.5, 0.6) is 0 Å². The molecule has 174 valence electrons. The molecule has 1 N–H and O–H groups in total. The monoisotopic (exact) mass is 455 g/mol. The summed E-state index contributed by atoms with van der Waals surface area (Å²) in [5.74, 6) is -0.538. The molecule has 0 aliphatic carbocycles. The van der Waals surface area contributed by atoms with Crippen molar-refractivity contribution in [1.29, 1.82) is 0 Å². The standard InChI is InChI=1S/C28H29N3O3/c32-26(29-25-15-4-3-13-24(25)28(34)30-16-5-6-17-30)21-11-8-18-31(19-21)27(33)23-14-7-10-20-9-1-2-12-22(20)23/h1-4,7,9-10,12-15,21H,5-6,8,11,16-19H2,(H,29,32). The SMILES string of the molecule is O=C(Nc1ccccc1C(=O)N1CCCC1)C1CCCN(C(=O)c2cccc3ccccc23)C1. The van der Waals surface area contributed by atoms with E-state index >= 15 is 0 Å². The highest BCUT2D eigenvalue weighted by molar-refractivity contribution is 6.07. The van der Waals surface area contributed by atoms with Gasteiger partial charge in [0.05, 0.1) is 17.2 Å². The van der Waals surface area contributed by atoms with E-state index in [2.05, 4.69) is 5.32 Å². The number of amides is 3.